The highest BCUT2D eigenvalue weighted by atomic mass is 16.7. The standard InChI is InChI=1S/C20H23N5O7/c1-12(27)31-11-32-15(28)9-13-4-2-5-14(8-13)10-25-18-16(22-20(25)29)17(21)23-19(24-18)30-7-3-6-26/h2,4-5,8,26H,3,6-7,9-11H2,1H3,(H,22,29)(H2,21,23,24). The van der Waals surface area contributed by atoms with E-state index in [0.717, 1.165) is 5.56 Å². The molecule has 4 N–H and O–H groups in total. The molecule has 0 aliphatic rings. The lowest BCUT2D eigenvalue weighted by atomic mass is 10.1. The number of aromatic nitrogens is 4. The molecule has 0 aliphatic carbocycles. The Labute approximate surface area is 181 Å². The van der Waals surface area contributed by atoms with Crippen molar-refractivity contribution in [2.24, 2.45) is 0 Å². The van der Waals surface area contributed by atoms with Crippen molar-refractivity contribution in [3.8, 4) is 6.01 Å². The minimum absolute atomic E-state index is 0.000441. The molecule has 0 unspecified atom stereocenters. The fourth-order valence-electron chi connectivity index (χ4n) is 2.89. The Balaban J connectivity index is 1.78. The Hall–Kier alpha value is -3.93. The third-order valence-electron chi connectivity index (χ3n) is 4.33. The van der Waals surface area contributed by atoms with Crippen molar-refractivity contribution in [3.05, 3.63) is 45.9 Å². The summed E-state index contributed by atoms with van der Waals surface area (Å²) in [5.74, 6) is -1.04. The Morgan fingerprint density at radius 3 is 2.75 bits per heavy atom. The van der Waals surface area contributed by atoms with Gasteiger partial charge in [-0.15, -0.1) is 0 Å². The van der Waals surface area contributed by atoms with Gasteiger partial charge in [-0.05, 0) is 11.1 Å². The van der Waals surface area contributed by atoms with Crippen LogP contribution in [-0.4, -0.2) is 56.6 Å². The van der Waals surface area contributed by atoms with Gasteiger partial charge in [-0.1, -0.05) is 24.3 Å². The van der Waals surface area contributed by atoms with Gasteiger partial charge in [0, 0.05) is 20.0 Å². The Morgan fingerprint density at radius 1 is 1.22 bits per heavy atom. The molecule has 3 aromatic rings. The fourth-order valence-corrected chi connectivity index (χ4v) is 2.89. The van der Waals surface area contributed by atoms with E-state index < -0.39 is 24.4 Å². The van der Waals surface area contributed by atoms with Crippen LogP contribution in [0.25, 0.3) is 11.2 Å². The first-order valence-electron chi connectivity index (χ1n) is 9.74. The van der Waals surface area contributed by atoms with Gasteiger partial charge in [-0.25, -0.2) is 4.79 Å². The molecule has 0 aliphatic heterocycles. The molecular weight excluding hydrogens is 422 g/mol. The van der Waals surface area contributed by atoms with Crippen LogP contribution in [0.1, 0.15) is 24.5 Å². The predicted molar refractivity (Wildman–Crippen MR) is 112 cm³/mol. The van der Waals surface area contributed by atoms with Gasteiger partial charge in [0.2, 0.25) is 6.79 Å². The molecule has 0 radical (unpaired) electrons. The molecule has 0 spiro atoms. The highest BCUT2D eigenvalue weighted by molar-refractivity contribution is 5.82. The van der Waals surface area contributed by atoms with Crippen LogP contribution in [0.2, 0.25) is 0 Å². The maximum atomic E-state index is 12.5. The molecule has 1 aromatic carbocycles. The van der Waals surface area contributed by atoms with E-state index in [9.17, 15) is 14.4 Å². The van der Waals surface area contributed by atoms with Crippen molar-refractivity contribution in [2.45, 2.75) is 26.3 Å². The molecule has 0 saturated carbocycles. The third kappa shape index (κ3) is 5.82. The first-order valence-corrected chi connectivity index (χ1v) is 9.74. The molecule has 3 rings (SSSR count). The van der Waals surface area contributed by atoms with Crippen LogP contribution in [0.3, 0.4) is 0 Å². The van der Waals surface area contributed by atoms with Crippen molar-refractivity contribution in [1.29, 1.82) is 0 Å². The van der Waals surface area contributed by atoms with Crippen LogP contribution < -0.4 is 16.2 Å². The second-order valence-corrected chi connectivity index (χ2v) is 6.80. The largest absolute Gasteiger partial charge is 0.463 e. The number of anilines is 1. The summed E-state index contributed by atoms with van der Waals surface area (Å²) in [4.78, 5) is 46.0. The van der Waals surface area contributed by atoms with Gasteiger partial charge in [-0.3, -0.25) is 14.2 Å². The van der Waals surface area contributed by atoms with Crippen LogP contribution in [0, 0.1) is 0 Å². The molecule has 0 atom stereocenters. The highest BCUT2D eigenvalue weighted by Gasteiger charge is 2.15. The van der Waals surface area contributed by atoms with E-state index in [1.807, 2.05) is 0 Å². The number of nitrogens with zero attached hydrogens (tertiary/aromatic N) is 3. The van der Waals surface area contributed by atoms with Gasteiger partial charge >= 0.3 is 23.6 Å². The molecule has 0 saturated heterocycles. The van der Waals surface area contributed by atoms with Crippen LogP contribution in [-0.2, 0) is 32.0 Å². The lowest BCUT2D eigenvalue weighted by Crippen LogP contribution is -2.18. The number of aliphatic hydroxyl groups is 1. The van der Waals surface area contributed by atoms with E-state index in [-0.39, 0.29) is 49.2 Å². The molecule has 170 valence electrons. The molecule has 32 heavy (non-hydrogen) atoms. The quantitative estimate of drug-likeness (QED) is 0.221. The summed E-state index contributed by atoms with van der Waals surface area (Å²) in [6, 6.07) is 7.03. The van der Waals surface area contributed by atoms with E-state index in [4.69, 9.17) is 20.3 Å². The predicted octanol–water partition coefficient (Wildman–Crippen LogP) is 0.118. The number of hydrogen-bond acceptors (Lipinski definition) is 10. The summed E-state index contributed by atoms with van der Waals surface area (Å²) >= 11 is 0. The first-order chi connectivity index (χ1) is 15.4. The monoisotopic (exact) mass is 445 g/mol. The first kappa shape index (κ1) is 22.7. The minimum Gasteiger partial charge on any atom is -0.463 e. The van der Waals surface area contributed by atoms with Gasteiger partial charge in [-0.2, -0.15) is 9.97 Å². The van der Waals surface area contributed by atoms with E-state index >= 15 is 0 Å². The number of fused-ring (bicyclic) bond motifs is 1. The topological polar surface area (TPSA) is 172 Å². The zero-order chi connectivity index (χ0) is 23.1. The SMILES string of the molecule is CC(=O)OCOC(=O)Cc1cccc(Cn2c(=O)[nH]c3c(N)nc(OCCCO)nc32)c1. The number of nitrogens with two attached hydrogens (primary N) is 1. The summed E-state index contributed by atoms with van der Waals surface area (Å²) in [5, 5.41) is 8.88. The van der Waals surface area contributed by atoms with Crippen molar-refractivity contribution < 1.29 is 28.9 Å². The maximum Gasteiger partial charge on any atom is 0.328 e. The second kappa shape index (κ2) is 10.4. The van der Waals surface area contributed by atoms with Crippen molar-refractivity contribution in [1.82, 2.24) is 19.5 Å². The number of carbonyl (C=O) groups is 2. The molecular formula is C20H23N5O7. The number of aromatic amines is 1. The Morgan fingerprint density at radius 2 is 2.00 bits per heavy atom. The average Bonchev–Trinajstić information content (AvgIpc) is 3.04. The number of H-pyrrole nitrogens is 1. The number of nitrogens with one attached hydrogen (secondary N) is 1. The summed E-state index contributed by atoms with van der Waals surface area (Å²) < 4.78 is 16.2. The number of rotatable bonds is 10. The number of carbonyl (C=O) groups excluding carboxylic acids is 2. The van der Waals surface area contributed by atoms with Gasteiger partial charge in [0.15, 0.2) is 11.5 Å². The molecule has 12 nitrogen and oxygen atoms in total. The number of ether oxygens (including phenoxy) is 3. The second-order valence-electron chi connectivity index (χ2n) is 6.80. The number of nitrogen functional groups attached to an aromatic ring is 1. The van der Waals surface area contributed by atoms with Crippen molar-refractivity contribution >= 4 is 28.9 Å². The van der Waals surface area contributed by atoms with E-state index in [2.05, 4.69) is 19.7 Å². The third-order valence-corrected chi connectivity index (χ3v) is 4.33. The molecule has 12 heteroatoms. The molecule has 0 amide bonds. The van der Waals surface area contributed by atoms with Crippen molar-refractivity contribution in [3.63, 3.8) is 0 Å². The summed E-state index contributed by atoms with van der Waals surface area (Å²) in [6.07, 6.45) is 0.368. The maximum absolute atomic E-state index is 12.5. The van der Waals surface area contributed by atoms with Gasteiger partial charge < -0.3 is 30.0 Å². The fraction of sp³-hybridized carbons (Fsp3) is 0.350. The van der Waals surface area contributed by atoms with Gasteiger partial charge in [0.05, 0.1) is 19.6 Å². The number of benzene rings is 1. The van der Waals surface area contributed by atoms with Gasteiger partial charge in [0.1, 0.15) is 5.52 Å². The normalized spacial score (nSPS) is 10.8. The van der Waals surface area contributed by atoms with Gasteiger partial charge in [0.25, 0.3) is 0 Å². The number of imidazole rings is 1. The zero-order valence-electron chi connectivity index (χ0n) is 17.4. The minimum atomic E-state index is -0.558. The zero-order valence-corrected chi connectivity index (χ0v) is 17.4. The average molecular weight is 445 g/mol. The summed E-state index contributed by atoms with van der Waals surface area (Å²) in [5.41, 5.74) is 7.45. The van der Waals surface area contributed by atoms with E-state index in [0.29, 0.717) is 12.0 Å². The summed E-state index contributed by atoms with van der Waals surface area (Å²) in [6.45, 7) is 1.09. The Bertz CT molecular complexity index is 1170. The molecule has 0 fully saturated rings. The highest BCUT2D eigenvalue weighted by Crippen LogP contribution is 2.19. The lowest BCUT2D eigenvalue weighted by molar-refractivity contribution is -0.165. The van der Waals surface area contributed by atoms with Crippen LogP contribution in [0.15, 0.2) is 29.1 Å². The number of esters is 2. The van der Waals surface area contributed by atoms with Crippen LogP contribution in [0.4, 0.5) is 5.82 Å². The smallest absolute Gasteiger partial charge is 0.328 e. The molecule has 0 bridgehead atoms. The van der Waals surface area contributed by atoms with Crippen molar-refractivity contribution in [2.75, 3.05) is 25.7 Å². The summed E-state index contributed by atoms with van der Waals surface area (Å²) in [7, 11) is 0. The lowest BCUT2D eigenvalue weighted by Gasteiger charge is -2.08. The number of hydrogen-bond donors (Lipinski definition) is 3. The number of aliphatic hydroxyl groups excluding tert-OH is 1. The molecule has 2 heterocycles. The van der Waals surface area contributed by atoms with E-state index in [1.54, 1.807) is 24.3 Å². The Kier molecular flexibility index (Phi) is 7.39. The van der Waals surface area contributed by atoms with Crippen LogP contribution >= 0.6 is 0 Å². The van der Waals surface area contributed by atoms with E-state index in [1.165, 1.54) is 11.5 Å². The molecule has 2 aromatic heterocycles. The van der Waals surface area contributed by atoms with Crippen LogP contribution in [0.5, 0.6) is 6.01 Å².